The van der Waals surface area contributed by atoms with Gasteiger partial charge < -0.3 is 28.6 Å². The lowest BCUT2D eigenvalue weighted by Crippen LogP contribution is -2.27. The van der Waals surface area contributed by atoms with Crippen molar-refractivity contribution in [1.82, 2.24) is 0 Å². The van der Waals surface area contributed by atoms with E-state index in [9.17, 15) is 0 Å². The van der Waals surface area contributed by atoms with Gasteiger partial charge in [0.05, 0.1) is 12.2 Å². The van der Waals surface area contributed by atoms with Gasteiger partial charge in [0.2, 0.25) is 0 Å². The summed E-state index contributed by atoms with van der Waals surface area (Å²) in [4.78, 5) is 35.0. The highest BCUT2D eigenvalue weighted by Gasteiger charge is 2.48. The fraction of sp³-hybridized carbons (Fsp3) is 1.00. The Balaban J connectivity index is 1.83. The lowest BCUT2D eigenvalue weighted by Gasteiger charge is -2.27. The molecule has 0 aliphatic heterocycles. The van der Waals surface area contributed by atoms with E-state index >= 15 is 0 Å². The highest BCUT2D eigenvalue weighted by molar-refractivity contribution is 7.39. The Morgan fingerprint density at radius 1 is 0.733 bits per heavy atom. The summed E-state index contributed by atoms with van der Waals surface area (Å²) in [5.74, 6) is 0.499. The molecule has 0 heterocycles. The maximum atomic E-state index is 8.74. The SMILES string of the molecule is OP(O)OC1CC2CC1CC2OP(O)O. The van der Waals surface area contributed by atoms with Crippen LogP contribution in [-0.4, -0.2) is 31.8 Å². The molecule has 88 valence electrons. The topological polar surface area (TPSA) is 99.4 Å². The van der Waals surface area contributed by atoms with Crippen molar-refractivity contribution in [3.05, 3.63) is 0 Å². The molecule has 0 aromatic heterocycles. The van der Waals surface area contributed by atoms with Gasteiger partial charge in [-0.3, -0.25) is 0 Å². The number of hydrogen-bond acceptors (Lipinski definition) is 6. The van der Waals surface area contributed by atoms with Gasteiger partial charge in [0, 0.05) is 0 Å². The first-order valence-electron chi connectivity index (χ1n) is 4.75. The largest absolute Gasteiger partial charge is 0.328 e. The molecule has 4 unspecified atom stereocenters. The summed E-state index contributed by atoms with van der Waals surface area (Å²) >= 11 is 0. The first kappa shape index (κ1) is 12.1. The van der Waals surface area contributed by atoms with E-state index in [1.807, 2.05) is 0 Å². The molecule has 2 aliphatic carbocycles. The summed E-state index contributed by atoms with van der Waals surface area (Å²) in [6.45, 7) is 0. The predicted molar refractivity (Wildman–Crippen MR) is 53.3 cm³/mol. The van der Waals surface area contributed by atoms with Gasteiger partial charge in [0.15, 0.2) is 0 Å². The van der Waals surface area contributed by atoms with Gasteiger partial charge >= 0.3 is 17.2 Å². The highest BCUT2D eigenvalue weighted by atomic mass is 31.2. The molecule has 2 bridgehead atoms. The van der Waals surface area contributed by atoms with Gasteiger partial charge in [-0.2, -0.15) is 0 Å². The second-order valence-corrected chi connectivity index (χ2v) is 5.45. The van der Waals surface area contributed by atoms with E-state index in [0.717, 1.165) is 6.42 Å². The second-order valence-electron chi connectivity index (χ2n) is 4.02. The van der Waals surface area contributed by atoms with Crippen LogP contribution >= 0.6 is 17.2 Å². The normalized spacial score (nSPS) is 39.6. The van der Waals surface area contributed by atoms with Crippen molar-refractivity contribution in [2.24, 2.45) is 11.8 Å². The van der Waals surface area contributed by atoms with Crippen molar-refractivity contribution < 1.29 is 28.6 Å². The Morgan fingerprint density at radius 2 is 1.13 bits per heavy atom. The van der Waals surface area contributed by atoms with Gasteiger partial charge in [-0.1, -0.05) is 0 Å². The van der Waals surface area contributed by atoms with Gasteiger partial charge in [-0.15, -0.1) is 0 Å². The van der Waals surface area contributed by atoms with Crippen LogP contribution in [0.3, 0.4) is 0 Å². The summed E-state index contributed by atoms with van der Waals surface area (Å²) in [7, 11) is -4.58. The lowest BCUT2D eigenvalue weighted by molar-refractivity contribution is 0.0567. The fourth-order valence-electron chi connectivity index (χ4n) is 2.67. The number of rotatable bonds is 4. The van der Waals surface area contributed by atoms with Crippen molar-refractivity contribution in [1.29, 1.82) is 0 Å². The summed E-state index contributed by atoms with van der Waals surface area (Å²) < 4.78 is 10.00. The molecule has 4 atom stereocenters. The molecular weight excluding hydrogens is 242 g/mol. The van der Waals surface area contributed by atoms with Crippen LogP contribution in [0.5, 0.6) is 0 Å². The van der Waals surface area contributed by atoms with E-state index < -0.39 is 17.2 Å². The second kappa shape index (κ2) is 4.86. The maximum absolute atomic E-state index is 8.74. The van der Waals surface area contributed by atoms with Crippen LogP contribution in [0.1, 0.15) is 19.3 Å². The smallest absolute Gasteiger partial charge is 0.327 e. The van der Waals surface area contributed by atoms with Crippen molar-refractivity contribution in [2.45, 2.75) is 31.5 Å². The van der Waals surface area contributed by atoms with Crippen LogP contribution < -0.4 is 0 Å². The minimum atomic E-state index is -2.29. The maximum Gasteiger partial charge on any atom is 0.327 e. The first-order chi connectivity index (χ1) is 7.06. The van der Waals surface area contributed by atoms with Gasteiger partial charge in [-0.25, -0.2) is 0 Å². The van der Waals surface area contributed by atoms with Crippen LogP contribution in [0, 0.1) is 11.8 Å². The van der Waals surface area contributed by atoms with E-state index in [2.05, 4.69) is 0 Å². The highest BCUT2D eigenvalue weighted by Crippen LogP contribution is 2.52. The van der Waals surface area contributed by atoms with Crippen LogP contribution in [0.15, 0.2) is 0 Å². The summed E-state index contributed by atoms with van der Waals surface area (Å²) in [5.41, 5.74) is 0. The molecule has 2 fully saturated rings. The molecule has 15 heavy (non-hydrogen) atoms. The Morgan fingerprint density at radius 3 is 1.40 bits per heavy atom. The average Bonchev–Trinajstić information content (AvgIpc) is 2.60. The number of fused-ring (bicyclic) bond motifs is 2. The van der Waals surface area contributed by atoms with E-state index in [4.69, 9.17) is 28.6 Å². The summed E-state index contributed by atoms with van der Waals surface area (Å²) in [5, 5.41) is 0. The molecule has 0 amide bonds. The van der Waals surface area contributed by atoms with Gasteiger partial charge in [-0.05, 0) is 31.1 Å². The van der Waals surface area contributed by atoms with Crippen LogP contribution in [0.25, 0.3) is 0 Å². The van der Waals surface area contributed by atoms with Gasteiger partial charge in [0.1, 0.15) is 0 Å². The van der Waals surface area contributed by atoms with E-state index in [-0.39, 0.29) is 24.0 Å². The zero-order valence-corrected chi connectivity index (χ0v) is 9.72. The lowest BCUT2D eigenvalue weighted by atomic mass is 9.95. The minimum absolute atomic E-state index is 0.112. The van der Waals surface area contributed by atoms with Crippen molar-refractivity contribution in [3.8, 4) is 0 Å². The zero-order valence-electron chi connectivity index (χ0n) is 7.93. The molecule has 8 heteroatoms. The van der Waals surface area contributed by atoms with Crippen molar-refractivity contribution >= 4 is 17.2 Å². The van der Waals surface area contributed by atoms with Crippen LogP contribution in [0.2, 0.25) is 0 Å². The summed E-state index contributed by atoms with van der Waals surface area (Å²) in [6.07, 6.45) is 2.10. The standard InChI is InChI=1S/C7H14O6P2/c8-14(9)12-6-2-4-1-5(6)3-7(4)13-15(10)11/h4-11H,1-3H2. The minimum Gasteiger partial charge on any atom is -0.328 e. The van der Waals surface area contributed by atoms with Crippen molar-refractivity contribution in [3.63, 3.8) is 0 Å². The molecular formula is C7H14O6P2. The first-order valence-corrected chi connectivity index (χ1v) is 7.08. The van der Waals surface area contributed by atoms with E-state index in [1.54, 1.807) is 0 Å². The van der Waals surface area contributed by atoms with Gasteiger partial charge in [0.25, 0.3) is 0 Å². The molecule has 0 aromatic carbocycles. The molecule has 0 spiro atoms. The monoisotopic (exact) mass is 256 g/mol. The molecule has 2 aliphatic rings. The molecule has 0 radical (unpaired) electrons. The molecule has 6 nitrogen and oxygen atoms in total. The van der Waals surface area contributed by atoms with E-state index in [1.165, 1.54) is 0 Å². The quantitative estimate of drug-likeness (QED) is 0.550. The van der Waals surface area contributed by atoms with Crippen LogP contribution in [0.4, 0.5) is 0 Å². The zero-order chi connectivity index (χ0) is 11.0. The Labute approximate surface area is 89.8 Å². The average molecular weight is 256 g/mol. The third kappa shape index (κ3) is 2.84. The molecule has 2 saturated carbocycles. The fourth-order valence-corrected chi connectivity index (χ4v) is 3.67. The predicted octanol–water partition coefficient (Wildman–Crippen LogP) is 0.610. The Bertz CT molecular complexity index is 204. The van der Waals surface area contributed by atoms with Crippen LogP contribution in [-0.2, 0) is 9.05 Å². The summed E-state index contributed by atoms with van der Waals surface area (Å²) in [6, 6.07) is 0. The van der Waals surface area contributed by atoms with E-state index in [0.29, 0.717) is 12.8 Å². The Hall–Kier alpha value is 0.620. The molecule has 2 rings (SSSR count). The third-order valence-electron chi connectivity index (χ3n) is 3.19. The molecule has 0 saturated heterocycles. The van der Waals surface area contributed by atoms with Crippen molar-refractivity contribution in [2.75, 3.05) is 0 Å². The third-order valence-corrected chi connectivity index (χ3v) is 4.11. The Kier molecular flexibility index (Phi) is 3.92. The number of hydrogen-bond donors (Lipinski definition) is 4. The molecule has 4 N–H and O–H groups in total. The molecule has 0 aromatic rings.